The summed E-state index contributed by atoms with van der Waals surface area (Å²) in [6, 6.07) is 12.1. The zero-order valence-electron chi connectivity index (χ0n) is 15.4. The fourth-order valence-corrected chi connectivity index (χ4v) is 2.95. The predicted octanol–water partition coefficient (Wildman–Crippen LogP) is 3.36. The number of para-hydroxylation sites is 2. The largest absolute Gasteiger partial charge is 0.467 e. The van der Waals surface area contributed by atoms with Crippen LogP contribution in [0.3, 0.4) is 0 Å². The molecule has 0 saturated heterocycles. The molecule has 0 unspecified atom stereocenters. The van der Waals surface area contributed by atoms with Crippen molar-refractivity contribution in [1.29, 1.82) is 0 Å². The van der Waals surface area contributed by atoms with Gasteiger partial charge in [-0.25, -0.2) is 0 Å². The molecule has 0 amide bonds. The SMILES string of the molecule is COCOc1c(C)cccc1C(CN)c1cccc(C)c1OCOC. The molecule has 0 aliphatic heterocycles. The molecular formula is C20H27NO4. The van der Waals surface area contributed by atoms with Gasteiger partial charge in [0.25, 0.3) is 0 Å². The standard InChI is InChI=1S/C20H27NO4/c1-14-7-5-9-16(19(14)24-12-22-3)18(11-21)17-10-6-8-15(2)20(17)25-13-23-4/h5-10,18H,11-13,21H2,1-4H3. The van der Waals surface area contributed by atoms with E-state index >= 15 is 0 Å². The maximum Gasteiger partial charge on any atom is 0.188 e. The molecule has 0 heterocycles. The van der Waals surface area contributed by atoms with Crippen LogP contribution in [0, 0.1) is 13.8 Å². The van der Waals surface area contributed by atoms with Gasteiger partial charge in [-0.1, -0.05) is 36.4 Å². The molecule has 0 saturated carbocycles. The van der Waals surface area contributed by atoms with Crippen LogP contribution < -0.4 is 15.2 Å². The summed E-state index contributed by atoms with van der Waals surface area (Å²) in [5, 5.41) is 0. The number of rotatable bonds is 9. The Labute approximate surface area is 149 Å². The van der Waals surface area contributed by atoms with Gasteiger partial charge in [0.1, 0.15) is 11.5 Å². The van der Waals surface area contributed by atoms with Crippen LogP contribution in [0.1, 0.15) is 28.2 Å². The van der Waals surface area contributed by atoms with Crippen LogP contribution in [-0.2, 0) is 9.47 Å². The lowest BCUT2D eigenvalue weighted by Crippen LogP contribution is -2.18. The highest BCUT2D eigenvalue weighted by atomic mass is 16.7. The molecule has 0 fully saturated rings. The van der Waals surface area contributed by atoms with Crippen molar-refractivity contribution in [2.24, 2.45) is 5.73 Å². The first kappa shape index (κ1) is 19.2. The van der Waals surface area contributed by atoms with Gasteiger partial charge < -0.3 is 24.7 Å². The first-order chi connectivity index (χ1) is 12.1. The molecule has 2 aromatic carbocycles. The molecule has 0 aromatic heterocycles. The van der Waals surface area contributed by atoms with Gasteiger partial charge in [-0.3, -0.25) is 0 Å². The molecule has 136 valence electrons. The Morgan fingerprint density at radius 1 is 0.800 bits per heavy atom. The predicted molar refractivity (Wildman–Crippen MR) is 98.3 cm³/mol. The molecule has 2 rings (SSSR count). The molecule has 5 nitrogen and oxygen atoms in total. The van der Waals surface area contributed by atoms with Crippen molar-refractivity contribution in [2.45, 2.75) is 19.8 Å². The summed E-state index contributed by atoms with van der Waals surface area (Å²) in [7, 11) is 3.21. The lowest BCUT2D eigenvalue weighted by molar-refractivity contribution is 0.0488. The highest BCUT2D eigenvalue weighted by Gasteiger charge is 2.22. The Morgan fingerprint density at radius 3 is 1.60 bits per heavy atom. The molecule has 0 spiro atoms. The van der Waals surface area contributed by atoms with Crippen molar-refractivity contribution in [1.82, 2.24) is 0 Å². The number of benzene rings is 2. The number of hydrogen-bond acceptors (Lipinski definition) is 5. The Hall–Kier alpha value is -2.08. The summed E-state index contributed by atoms with van der Waals surface area (Å²) in [4.78, 5) is 0. The van der Waals surface area contributed by atoms with Gasteiger partial charge in [-0.15, -0.1) is 0 Å². The Morgan fingerprint density at radius 2 is 1.24 bits per heavy atom. The zero-order chi connectivity index (χ0) is 18.2. The molecule has 0 bridgehead atoms. The lowest BCUT2D eigenvalue weighted by atomic mass is 9.88. The summed E-state index contributed by atoms with van der Waals surface area (Å²) >= 11 is 0. The van der Waals surface area contributed by atoms with Gasteiger partial charge in [0, 0.05) is 37.8 Å². The molecule has 0 aliphatic carbocycles. The van der Waals surface area contributed by atoms with Gasteiger partial charge in [-0.05, 0) is 25.0 Å². The molecular weight excluding hydrogens is 318 g/mol. The second-order valence-electron chi connectivity index (χ2n) is 5.88. The minimum absolute atomic E-state index is 0.0569. The van der Waals surface area contributed by atoms with Crippen LogP contribution >= 0.6 is 0 Å². The Balaban J connectivity index is 2.51. The van der Waals surface area contributed by atoms with Crippen molar-refractivity contribution in [2.75, 3.05) is 34.4 Å². The Bertz CT molecular complexity index is 630. The van der Waals surface area contributed by atoms with E-state index in [4.69, 9.17) is 24.7 Å². The van der Waals surface area contributed by atoms with E-state index in [1.54, 1.807) is 14.2 Å². The quantitative estimate of drug-likeness (QED) is 0.706. The molecule has 2 aromatic rings. The van der Waals surface area contributed by atoms with Crippen molar-refractivity contribution in [3.05, 3.63) is 58.7 Å². The number of methoxy groups -OCH3 is 2. The second-order valence-corrected chi connectivity index (χ2v) is 5.88. The third kappa shape index (κ3) is 4.51. The van der Waals surface area contributed by atoms with Crippen LogP contribution in [0.15, 0.2) is 36.4 Å². The van der Waals surface area contributed by atoms with Crippen molar-refractivity contribution < 1.29 is 18.9 Å². The van der Waals surface area contributed by atoms with E-state index in [-0.39, 0.29) is 19.5 Å². The third-order valence-electron chi connectivity index (χ3n) is 4.11. The number of nitrogens with two attached hydrogens (primary N) is 1. The fraction of sp³-hybridized carbons (Fsp3) is 0.400. The monoisotopic (exact) mass is 345 g/mol. The second kappa shape index (κ2) is 9.42. The third-order valence-corrected chi connectivity index (χ3v) is 4.11. The van der Waals surface area contributed by atoms with Crippen molar-refractivity contribution >= 4 is 0 Å². The average Bonchev–Trinajstić information content (AvgIpc) is 2.61. The van der Waals surface area contributed by atoms with E-state index in [9.17, 15) is 0 Å². The zero-order valence-corrected chi connectivity index (χ0v) is 15.4. The maximum absolute atomic E-state index is 6.16. The van der Waals surface area contributed by atoms with Crippen molar-refractivity contribution in [3.8, 4) is 11.5 Å². The fourth-order valence-electron chi connectivity index (χ4n) is 2.95. The van der Waals surface area contributed by atoms with Crippen LogP contribution in [0.4, 0.5) is 0 Å². The van der Waals surface area contributed by atoms with E-state index in [0.717, 1.165) is 33.8 Å². The van der Waals surface area contributed by atoms with E-state index in [1.807, 2.05) is 50.2 Å². The maximum atomic E-state index is 6.16. The van der Waals surface area contributed by atoms with Crippen LogP contribution in [0.5, 0.6) is 11.5 Å². The molecule has 0 atom stereocenters. The highest BCUT2D eigenvalue weighted by molar-refractivity contribution is 5.52. The van der Waals surface area contributed by atoms with Crippen LogP contribution in [0.2, 0.25) is 0 Å². The smallest absolute Gasteiger partial charge is 0.188 e. The molecule has 0 radical (unpaired) electrons. The minimum atomic E-state index is -0.0569. The van der Waals surface area contributed by atoms with Crippen molar-refractivity contribution in [3.63, 3.8) is 0 Å². The first-order valence-corrected chi connectivity index (χ1v) is 8.26. The Kier molecular flexibility index (Phi) is 7.25. The van der Waals surface area contributed by atoms with Crippen LogP contribution in [-0.4, -0.2) is 34.4 Å². The number of hydrogen-bond donors (Lipinski definition) is 1. The van der Waals surface area contributed by atoms with Gasteiger partial charge in [-0.2, -0.15) is 0 Å². The summed E-state index contributed by atoms with van der Waals surface area (Å²) in [5.74, 6) is 1.55. The average molecular weight is 345 g/mol. The summed E-state index contributed by atoms with van der Waals surface area (Å²) in [6.07, 6.45) is 0. The van der Waals surface area contributed by atoms with Gasteiger partial charge >= 0.3 is 0 Å². The lowest BCUT2D eigenvalue weighted by Gasteiger charge is -2.24. The van der Waals surface area contributed by atoms with Gasteiger partial charge in [0.05, 0.1) is 0 Å². The normalized spacial score (nSPS) is 11.0. The van der Waals surface area contributed by atoms with E-state index in [1.165, 1.54) is 0 Å². The molecule has 5 heteroatoms. The topological polar surface area (TPSA) is 62.9 Å². The van der Waals surface area contributed by atoms with E-state index < -0.39 is 0 Å². The molecule has 2 N–H and O–H groups in total. The summed E-state index contributed by atoms with van der Waals surface area (Å²) in [6.45, 7) is 4.84. The first-order valence-electron chi connectivity index (χ1n) is 8.26. The van der Waals surface area contributed by atoms with Gasteiger partial charge in [0.2, 0.25) is 0 Å². The van der Waals surface area contributed by atoms with E-state index in [2.05, 4.69) is 0 Å². The number of aryl methyl sites for hydroxylation is 2. The van der Waals surface area contributed by atoms with Gasteiger partial charge in [0.15, 0.2) is 13.6 Å². The number of ether oxygens (including phenoxy) is 4. The minimum Gasteiger partial charge on any atom is -0.467 e. The van der Waals surface area contributed by atoms with Crippen LogP contribution in [0.25, 0.3) is 0 Å². The summed E-state index contributed by atoms with van der Waals surface area (Å²) in [5.41, 5.74) is 10.3. The molecule has 25 heavy (non-hydrogen) atoms. The molecule has 0 aliphatic rings. The van der Waals surface area contributed by atoms with E-state index in [0.29, 0.717) is 6.54 Å². The highest BCUT2D eigenvalue weighted by Crippen LogP contribution is 2.38. The summed E-state index contributed by atoms with van der Waals surface area (Å²) < 4.78 is 21.8.